The molecule has 0 amide bonds. The fourth-order valence-electron chi connectivity index (χ4n) is 2.83. The van der Waals surface area contributed by atoms with E-state index in [4.69, 9.17) is 0 Å². The van der Waals surface area contributed by atoms with Crippen LogP contribution < -0.4 is 5.32 Å². The van der Waals surface area contributed by atoms with Gasteiger partial charge in [-0.25, -0.2) is 4.98 Å². The first-order chi connectivity index (χ1) is 9.84. The van der Waals surface area contributed by atoms with Crippen molar-refractivity contribution in [1.29, 1.82) is 0 Å². The Morgan fingerprint density at radius 3 is 2.85 bits per heavy atom. The molecule has 1 N–H and O–H groups in total. The van der Waals surface area contributed by atoms with Crippen LogP contribution in [0.1, 0.15) is 19.3 Å². The van der Waals surface area contributed by atoms with Crippen LogP contribution in [0.4, 0.5) is 5.82 Å². The summed E-state index contributed by atoms with van der Waals surface area (Å²) < 4.78 is 1.12. The Kier molecular flexibility index (Phi) is 4.53. The minimum atomic E-state index is 0.981. The monoisotopic (exact) mass is 333 g/mol. The molecule has 1 fully saturated rings. The number of anilines is 1. The summed E-state index contributed by atoms with van der Waals surface area (Å²) in [6.07, 6.45) is 5.78. The van der Waals surface area contributed by atoms with Crippen LogP contribution in [0.25, 0.3) is 10.8 Å². The second kappa shape index (κ2) is 6.55. The maximum absolute atomic E-state index is 4.47. The Morgan fingerprint density at radius 1 is 1.15 bits per heavy atom. The second-order valence-electron chi connectivity index (χ2n) is 5.32. The van der Waals surface area contributed by atoms with Gasteiger partial charge < -0.3 is 10.2 Å². The summed E-state index contributed by atoms with van der Waals surface area (Å²) in [6, 6.07) is 8.30. The van der Waals surface area contributed by atoms with Gasteiger partial charge in [-0.2, -0.15) is 0 Å². The Labute approximate surface area is 128 Å². The SMILES string of the molecule is Brc1cccc2c(NCCCN3CCCC3)nccc12. The zero-order valence-electron chi connectivity index (χ0n) is 11.6. The molecular formula is C16H20BrN3. The third-order valence-electron chi connectivity index (χ3n) is 3.90. The molecule has 3 rings (SSSR count). The van der Waals surface area contributed by atoms with E-state index in [0.29, 0.717) is 0 Å². The smallest absolute Gasteiger partial charge is 0.133 e. The van der Waals surface area contributed by atoms with Gasteiger partial charge in [0.2, 0.25) is 0 Å². The van der Waals surface area contributed by atoms with Crippen molar-refractivity contribution in [2.75, 3.05) is 31.5 Å². The molecule has 1 aliphatic heterocycles. The lowest BCUT2D eigenvalue weighted by Gasteiger charge is -2.15. The summed E-state index contributed by atoms with van der Waals surface area (Å²) in [5.41, 5.74) is 0. The Hall–Kier alpha value is -1.13. The van der Waals surface area contributed by atoms with Gasteiger partial charge >= 0.3 is 0 Å². The van der Waals surface area contributed by atoms with E-state index in [2.05, 4.69) is 55.4 Å². The zero-order chi connectivity index (χ0) is 13.8. The van der Waals surface area contributed by atoms with Gasteiger partial charge in [0.05, 0.1) is 0 Å². The highest BCUT2D eigenvalue weighted by Crippen LogP contribution is 2.27. The highest BCUT2D eigenvalue weighted by molar-refractivity contribution is 9.10. The molecule has 2 aromatic rings. The number of fused-ring (bicyclic) bond motifs is 1. The van der Waals surface area contributed by atoms with Crippen molar-refractivity contribution in [3.05, 3.63) is 34.9 Å². The van der Waals surface area contributed by atoms with E-state index in [1.807, 2.05) is 6.20 Å². The molecular weight excluding hydrogens is 314 g/mol. The minimum Gasteiger partial charge on any atom is -0.370 e. The van der Waals surface area contributed by atoms with Gasteiger partial charge in [-0.1, -0.05) is 28.1 Å². The number of halogens is 1. The highest BCUT2D eigenvalue weighted by atomic mass is 79.9. The molecule has 1 aromatic heterocycles. The van der Waals surface area contributed by atoms with Crippen molar-refractivity contribution in [2.24, 2.45) is 0 Å². The van der Waals surface area contributed by atoms with Crippen molar-refractivity contribution in [1.82, 2.24) is 9.88 Å². The summed E-state index contributed by atoms with van der Waals surface area (Å²) in [7, 11) is 0. The number of hydrogen-bond acceptors (Lipinski definition) is 3. The quantitative estimate of drug-likeness (QED) is 0.841. The summed E-state index contributed by atoms with van der Waals surface area (Å²) in [6.45, 7) is 4.73. The summed E-state index contributed by atoms with van der Waals surface area (Å²) in [5.74, 6) is 0.991. The molecule has 4 heteroatoms. The molecule has 0 unspecified atom stereocenters. The van der Waals surface area contributed by atoms with E-state index in [-0.39, 0.29) is 0 Å². The normalized spacial score (nSPS) is 15.8. The van der Waals surface area contributed by atoms with Crippen LogP contribution in [-0.2, 0) is 0 Å². The average molecular weight is 334 g/mol. The average Bonchev–Trinajstić information content (AvgIpc) is 2.98. The molecule has 0 saturated carbocycles. The summed E-state index contributed by atoms with van der Waals surface area (Å²) in [5, 5.41) is 5.88. The van der Waals surface area contributed by atoms with Crippen molar-refractivity contribution in [2.45, 2.75) is 19.3 Å². The van der Waals surface area contributed by atoms with E-state index in [1.165, 1.54) is 49.7 Å². The van der Waals surface area contributed by atoms with Gasteiger partial charge in [0.15, 0.2) is 0 Å². The molecule has 0 bridgehead atoms. The Balaban J connectivity index is 1.61. The Bertz CT molecular complexity index is 579. The number of benzene rings is 1. The predicted molar refractivity (Wildman–Crippen MR) is 88.2 cm³/mol. The largest absolute Gasteiger partial charge is 0.370 e. The maximum atomic E-state index is 4.47. The molecule has 3 nitrogen and oxygen atoms in total. The number of nitrogens with zero attached hydrogens (tertiary/aromatic N) is 2. The van der Waals surface area contributed by atoms with Gasteiger partial charge in [0, 0.05) is 28.0 Å². The van der Waals surface area contributed by atoms with Crippen molar-refractivity contribution in [3.8, 4) is 0 Å². The number of pyridine rings is 1. The fraction of sp³-hybridized carbons (Fsp3) is 0.438. The number of likely N-dealkylation sites (tertiary alicyclic amines) is 1. The first-order valence-corrected chi connectivity index (χ1v) is 8.13. The van der Waals surface area contributed by atoms with Crippen LogP contribution in [0.5, 0.6) is 0 Å². The third kappa shape index (κ3) is 3.13. The summed E-state index contributed by atoms with van der Waals surface area (Å²) in [4.78, 5) is 7.02. The van der Waals surface area contributed by atoms with Gasteiger partial charge in [-0.3, -0.25) is 0 Å². The van der Waals surface area contributed by atoms with Gasteiger partial charge in [-0.15, -0.1) is 0 Å². The number of rotatable bonds is 5. The molecule has 1 saturated heterocycles. The minimum absolute atomic E-state index is 0.981. The lowest BCUT2D eigenvalue weighted by molar-refractivity contribution is 0.337. The molecule has 0 radical (unpaired) electrons. The van der Waals surface area contributed by atoms with Crippen LogP contribution in [-0.4, -0.2) is 36.1 Å². The number of aromatic nitrogens is 1. The number of hydrogen-bond donors (Lipinski definition) is 1. The Morgan fingerprint density at radius 2 is 2.00 bits per heavy atom. The van der Waals surface area contributed by atoms with E-state index in [9.17, 15) is 0 Å². The maximum Gasteiger partial charge on any atom is 0.133 e. The number of nitrogens with one attached hydrogen (secondary N) is 1. The zero-order valence-corrected chi connectivity index (χ0v) is 13.2. The van der Waals surface area contributed by atoms with Crippen LogP contribution in [0, 0.1) is 0 Å². The molecule has 0 atom stereocenters. The van der Waals surface area contributed by atoms with Crippen LogP contribution >= 0.6 is 15.9 Å². The van der Waals surface area contributed by atoms with Crippen LogP contribution in [0.15, 0.2) is 34.9 Å². The van der Waals surface area contributed by atoms with Crippen molar-refractivity contribution in [3.63, 3.8) is 0 Å². The van der Waals surface area contributed by atoms with Gasteiger partial charge in [0.25, 0.3) is 0 Å². The lowest BCUT2D eigenvalue weighted by Crippen LogP contribution is -2.22. The first-order valence-electron chi connectivity index (χ1n) is 7.34. The molecule has 2 heterocycles. The molecule has 0 aliphatic carbocycles. The van der Waals surface area contributed by atoms with Crippen LogP contribution in [0.3, 0.4) is 0 Å². The third-order valence-corrected chi connectivity index (χ3v) is 4.59. The van der Waals surface area contributed by atoms with Gasteiger partial charge in [0.1, 0.15) is 5.82 Å². The lowest BCUT2D eigenvalue weighted by atomic mass is 10.1. The molecule has 0 spiro atoms. The van der Waals surface area contributed by atoms with Crippen molar-refractivity contribution >= 4 is 32.5 Å². The highest BCUT2D eigenvalue weighted by Gasteiger charge is 2.10. The van der Waals surface area contributed by atoms with Crippen molar-refractivity contribution < 1.29 is 0 Å². The van der Waals surface area contributed by atoms with E-state index in [0.717, 1.165) is 16.8 Å². The standard InChI is InChI=1S/C16H20BrN3/c17-15-6-3-5-14-13(15)7-9-19-16(14)18-8-4-12-20-10-1-2-11-20/h3,5-7,9H,1-2,4,8,10-12H2,(H,18,19). The topological polar surface area (TPSA) is 28.2 Å². The fourth-order valence-corrected chi connectivity index (χ4v) is 3.32. The molecule has 1 aromatic carbocycles. The molecule has 1 aliphatic rings. The van der Waals surface area contributed by atoms with E-state index >= 15 is 0 Å². The molecule has 20 heavy (non-hydrogen) atoms. The summed E-state index contributed by atoms with van der Waals surface area (Å²) >= 11 is 3.60. The molecule has 106 valence electrons. The van der Waals surface area contributed by atoms with E-state index < -0.39 is 0 Å². The first kappa shape index (κ1) is 13.8. The van der Waals surface area contributed by atoms with E-state index in [1.54, 1.807) is 0 Å². The van der Waals surface area contributed by atoms with Crippen LogP contribution in [0.2, 0.25) is 0 Å². The van der Waals surface area contributed by atoms with Gasteiger partial charge in [-0.05, 0) is 51.0 Å². The predicted octanol–water partition coefficient (Wildman–Crippen LogP) is 3.90. The second-order valence-corrected chi connectivity index (χ2v) is 6.18.